The van der Waals surface area contributed by atoms with Crippen LogP contribution in [-0.2, 0) is 26.3 Å². The summed E-state index contributed by atoms with van der Waals surface area (Å²) in [6.07, 6.45) is 8.15. The van der Waals surface area contributed by atoms with Crippen molar-refractivity contribution >= 4 is 12.6 Å². The molecule has 0 spiro atoms. The first kappa shape index (κ1) is 39.9. The third-order valence-electron chi connectivity index (χ3n) is 10.6. The quantitative estimate of drug-likeness (QED) is 0.0961. The first-order valence-electron chi connectivity index (χ1n) is 20.1. The van der Waals surface area contributed by atoms with E-state index >= 15 is 0 Å². The van der Waals surface area contributed by atoms with Crippen LogP contribution in [-0.4, -0.2) is 58.8 Å². The lowest BCUT2D eigenvalue weighted by molar-refractivity contribution is 0.111. The summed E-state index contributed by atoms with van der Waals surface area (Å²) >= 11 is 0. The van der Waals surface area contributed by atoms with E-state index in [1.54, 1.807) is 12.1 Å². The van der Waals surface area contributed by atoms with Crippen LogP contribution >= 0.6 is 0 Å². The predicted molar refractivity (Wildman–Crippen MR) is 225 cm³/mol. The lowest BCUT2D eigenvalue weighted by Gasteiger charge is -2.26. The van der Waals surface area contributed by atoms with Crippen LogP contribution in [0.5, 0.6) is 23.0 Å². The number of aromatic hydroxyl groups is 2. The first-order chi connectivity index (χ1) is 28.4. The van der Waals surface area contributed by atoms with E-state index in [2.05, 4.69) is 33.5 Å². The van der Waals surface area contributed by atoms with Crippen molar-refractivity contribution < 1.29 is 29.3 Å². The van der Waals surface area contributed by atoms with E-state index in [1.165, 1.54) is 12.8 Å². The van der Waals surface area contributed by atoms with Gasteiger partial charge in [0.05, 0.1) is 22.3 Å². The van der Waals surface area contributed by atoms with Gasteiger partial charge in [-0.25, -0.2) is 0 Å². The fraction of sp³-hybridized carbons (Fsp3) is 0.280. The van der Waals surface area contributed by atoms with E-state index in [4.69, 9.17) is 9.47 Å². The normalized spacial score (nSPS) is 14.3. The van der Waals surface area contributed by atoms with Gasteiger partial charge in [0.1, 0.15) is 36.2 Å². The Kier molecular flexibility index (Phi) is 13.6. The van der Waals surface area contributed by atoms with Gasteiger partial charge >= 0.3 is 0 Å². The minimum Gasteiger partial charge on any atom is -0.507 e. The summed E-state index contributed by atoms with van der Waals surface area (Å²) in [7, 11) is 0. The molecular formula is C50H48N2O6. The largest absolute Gasteiger partial charge is 0.507 e. The minimum absolute atomic E-state index is 0.00922. The molecule has 2 N–H and O–H groups in total. The van der Waals surface area contributed by atoms with Crippen LogP contribution in [0.15, 0.2) is 97.1 Å². The average molecular weight is 773 g/mol. The highest BCUT2D eigenvalue weighted by Gasteiger charge is 2.18. The molecule has 0 amide bonds. The lowest BCUT2D eigenvalue weighted by Crippen LogP contribution is -2.29. The fourth-order valence-electron chi connectivity index (χ4n) is 7.46. The van der Waals surface area contributed by atoms with Gasteiger partial charge in [-0.05, 0) is 87.3 Å². The number of hydrogen-bond acceptors (Lipinski definition) is 8. The molecule has 58 heavy (non-hydrogen) atoms. The molecule has 5 aromatic carbocycles. The van der Waals surface area contributed by atoms with Crippen LogP contribution in [0, 0.1) is 23.7 Å². The number of hydrogen-bond donors (Lipinski definition) is 2. The van der Waals surface area contributed by atoms with Gasteiger partial charge in [0, 0.05) is 47.5 Å². The number of phenols is 2. The first-order valence-corrected chi connectivity index (χ1v) is 20.1. The van der Waals surface area contributed by atoms with Gasteiger partial charge in [-0.1, -0.05) is 97.2 Å². The van der Waals surface area contributed by atoms with Gasteiger partial charge in [0.25, 0.3) is 0 Å². The summed E-state index contributed by atoms with van der Waals surface area (Å²) in [6.45, 7) is 5.41. The number of carbonyl (C=O) groups excluding carboxylic acids is 2. The molecular weight excluding hydrogens is 725 g/mol. The van der Waals surface area contributed by atoms with Crippen LogP contribution in [0.3, 0.4) is 0 Å². The zero-order valence-corrected chi connectivity index (χ0v) is 32.7. The van der Waals surface area contributed by atoms with Crippen molar-refractivity contribution in [2.45, 2.75) is 64.8 Å². The number of piperidine rings is 2. The average Bonchev–Trinajstić information content (AvgIpc) is 3.27. The van der Waals surface area contributed by atoms with Gasteiger partial charge < -0.3 is 19.7 Å². The van der Waals surface area contributed by atoms with Crippen molar-refractivity contribution in [2.24, 2.45) is 0 Å². The molecule has 0 aromatic heterocycles. The molecule has 294 valence electrons. The van der Waals surface area contributed by atoms with Crippen LogP contribution in [0.25, 0.3) is 0 Å². The van der Waals surface area contributed by atoms with E-state index in [0.29, 0.717) is 70.5 Å². The minimum atomic E-state index is -0.00922. The maximum absolute atomic E-state index is 12.1. The standard InChI is InChI=1S/C50H48N2O6/c53-33-45-27-39(25-43(49(45)55)31-51-21-9-3-10-22-51)17-19-41-30-48(58-36-38-15-7-2-8-16-38)42(29-47(41)57-35-37-13-5-1-6-14-37)20-18-40-26-44(50(56)46(28-40)34-54)32-52-23-11-4-12-24-52/h1-2,5-8,13-16,25-30,33-34,55-56H,3-4,9-12,21-24,31-32,35-36H2. The molecule has 0 saturated carbocycles. The summed E-state index contributed by atoms with van der Waals surface area (Å²) in [5, 5.41) is 21.9. The highest BCUT2D eigenvalue weighted by molar-refractivity contribution is 5.82. The Morgan fingerprint density at radius 2 is 0.914 bits per heavy atom. The van der Waals surface area contributed by atoms with Crippen molar-refractivity contribution in [3.8, 4) is 46.7 Å². The van der Waals surface area contributed by atoms with Gasteiger partial charge in [-0.2, -0.15) is 0 Å². The highest BCUT2D eigenvalue weighted by Crippen LogP contribution is 2.32. The molecule has 5 aromatic rings. The Hall–Kier alpha value is -6.32. The molecule has 2 heterocycles. The number of likely N-dealkylation sites (tertiary alicyclic amines) is 2. The Bertz CT molecular complexity index is 2170. The topological polar surface area (TPSA) is 99.5 Å². The predicted octanol–water partition coefficient (Wildman–Crippen LogP) is 8.65. The molecule has 7 rings (SSSR count). The van der Waals surface area contributed by atoms with Crippen molar-refractivity contribution in [2.75, 3.05) is 26.2 Å². The lowest BCUT2D eigenvalue weighted by atomic mass is 10.0. The zero-order valence-electron chi connectivity index (χ0n) is 32.7. The van der Waals surface area contributed by atoms with Crippen molar-refractivity contribution in [1.29, 1.82) is 0 Å². The molecule has 2 aliphatic heterocycles. The zero-order chi connectivity index (χ0) is 40.1. The molecule has 0 atom stereocenters. The van der Waals surface area contributed by atoms with E-state index in [9.17, 15) is 19.8 Å². The summed E-state index contributed by atoms with van der Waals surface area (Å²) in [5.74, 6) is 14.0. The molecule has 8 nitrogen and oxygen atoms in total. The van der Waals surface area contributed by atoms with E-state index in [1.807, 2.05) is 84.9 Å². The van der Waals surface area contributed by atoms with Gasteiger partial charge in [-0.15, -0.1) is 0 Å². The third kappa shape index (κ3) is 10.5. The molecule has 0 unspecified atom stereocenters. The summed E-state index contributed by atoms with van der Waals surface area (Å²) in [5.41, 5.74) is 5.97. The molecule has 2 aliphatic rings. The number of aldehydes is 2. The number of rotatable bonds is 12. The summed E-state index contributed by atoms with van der Waals surface area (Å²) in [6, 6.07) is 30.3. The molecule has 2 saturated heterocycles. The smallest absolute Gasteiger partial charge is 0.153 e. The van der Waals surface area contributed by atoms with Gasteiger partial charge in [0.2, 0.25) is 0 Å². The Labute approximate surface area is 341 Å². The Morgan fingerprint density at radius 3 is 1.29 bits per heavy atom. The number of nitrogens with zero attached hydrogens (tertiary/aromatic N) is 2. The molecule has 0 aliphatic carbocycles. The summed E-state index contributed by atoms with van der Waals surface area (Å²) in [4.78, 5) is 28.7. The number of benzene rings is 5. The molecule has 0 radical (unpaired) electrons. The van der Waals surface area contributed by atoms with Crippen LogP contribution in [0.1, 0.15) is 104 Å². The maximum atomic E-state index is 12.1. The highest BCUT2D eigenvalue weighted by atomic mass is 16.5. The van der Waals surface area contributed by atoms with Crippen molar-refractivity contribution in [3.05, 3.63) is 153 Å². The second kappa shape index (κ2) is 19.7. The number of carbonyl (C=O) groups is 2. The summed E-state index contributed by atoms with van der Waals surface area (Å²) < 4.78 is 12.9. The molecule has 0 bridgehead atoms. The van der Waals surface area contributed by atoms with Gasteiger partial charge in [0.15, 0.2) is 12.6 Å². The van der Waals surface area contributed by atoms with E-state index < -0.39 is 0 Å². The van der Waals surface area contributed by atoms with Crippen molar-refractivity contribution in [3.63, 3.8) is 0 Å². The van der Waals surface area contributed by atoms with Crippen LogP contribution in [0.2, 0.25) is 0 Å². The second-order valence-electron chi connectivity index (χ2n) is 14.9. The molecule has 2 fully saturated rings. The maximum Gasteiger partial charge on any atom is 0.153 e. The van der Waals surface area contributed by atoms with E-state index in [-0.39, 0.29) is 35.8 Å². The Morgan fingerprint density at radius 1 is 0.517 bits per heavy atom. The third-order valence-corrected chi connectivity index (χ3v) is 10.6. The number of phenolic OH excluding ortho intramolecular Hbond substituents is 2. The fourth-order valence-corrected chi connectivity index (χ4v) is 7.46. The monoisotopic (exact) mass is 772 g/mol. The molecule has 8 heteroatoms. The SMILES string of the molecule is O=Cc1cc(C#Cc2cc(OCc3ccccc3)c(C#Cc3cc(C=O)c(O)c(CN4CCCCC4)c3)cc2OCc2ccccc2)cc(CN2CCCCC2)c1O. The van der Waals surface area contributed by atoms with Gasteiger partial charge in [-0.3, -0.25) is 19.4 Å². The van der Waals surface area contributed by atoms with Crippen LogP contribution < -0.4 is 9.47 Å². The Balaban J connectivity index is 1.29. The number of ether oxygens (including phenoxy) is 2. The van der Waals surface area contributed by atoms with Crippen LogP contribution in [0.4, 0.5) is 0 Å². The van der Waals surface area contributed by atoms with Crippen molar-refractivity contribution in [1.82, 2.24) is 9.80 Å². The van der Waals surface area contributed by atoms with E-state index in [0.717, 1.165) is 63.0 Å². The second-order valence-corrected chi connectivity index (χ2v) is 14.9.